The maximum Gasteiger partial charge on any atom is 0.460 e. The van der Waals surface area contributed by atoms with E-state index in [1.807, 2.05) is 66.7 Å². The molecule has 6 heteroatoms. The molecule has 0 aliphatic carbocycles. The summed E-state index contributed by atoms with van der Waals surface area (Å²) in [6.45, 7) is 1.79. The minimum atomic E-state index is -3.99. The Bertz CT molecular complexity index is 1230. The van der Waals surface area contributed by atoms with E-state index in [2.05, 4.69) is 11.4 Å². The highest BCUT2D eigenvalue weighted by Crippen LogP contribution is 2.63. The summed E-state index contributed by atoms with van der Waals surface area (Å²) in [6, 6.07) is 36.4. The average Bonchev–Trinajstić information content (AvgIpc) is 2.86. The molecular formula is C27H23N2O3P. The van der Waals surface area contributed by atoms with Gasteiger partial charge in [0.1, 0.15) is 11.5 Å². The van der Waals surface area contributed by atoms with Crippen molar-refractivity contribution in [3.63, 3.8) is 0 Å². The van der Waals surface area contributed by atoms with Crippen molar-refractivity contribution in [2.45, 2.75) is 12.2 Å². The molecule has 1 unspecified atom stereocenters. The second-order valence-electron chi connectivity index (χ2n) is 7.56. The summed E-state index contributed by atoms with van der Waals surface area (Å²) < 4.78 is 27.1. The Morgan fingerprint density at radius 3 is 1.64 bits per heavy atom. The van der Waals surface area contributed by atoms with Crippen molar-refractivity contribution >= 4 is 13.3 Å². The third-order valence-electron chi connectivity index (χ3n) is 5.22. The predicted octanol–water partition coefficient (Wildman–Crippen LogP) is 7.19. The minimum Gasteiger partial charge on any atom is -0.414 e. The summed E-state index contributed by atoms with van der Waals surface area (Å²) in [5, 5.41) is 11.3. The first-order valence-corrected chi connectivity index (χ1v) is 12.0. The quantitative estimate of drug-likeness (QED) is 0.285. The van der Waals surface area contributed by atoms with Crippen LogP contribution in [-0.4, -0.2) is 0 Å². The van der Waals surface area contributed by atoms with Gasteiger partial charge >= 0.3 is 7.60 Å². The fraction of sp³-hybridized carbons (Fsp3) is 0.0741. The fourth-order valence-electron chi connectivity index (χ4n) is 3.41. The lowest BCUT2D eigenvalue weighted by atomic mass is 10.1. The van der Waals surface area contributed by atoms with Crippen LogP contribution in [0.4, 0.5) is 5.69 Å². The lowest BCUT2D eigenvalue weighted by Gasteiger charge is -2.37. The number of rotatable bonds is 8. The van der Waals surface area contributed by atoms with Crippen LogP contribution in [0.15, 0.2) is 115 Å². The molecule has 0 radical (unpaired) electrons. The zero-order chi connectivity index (χ0) is 23.2. The maximum atomic E-state index is 14.8. The molecule has 4 aromatic rings. The van der Waals surface area contributed by atoms with Crippen LogP contribution in [0.3, 0.4) is 0 Å². The molecule has 0 bridgehead atoms. The van der Waals surface area contributed by atoms with E-state index < -0.39 is 12.9 Å². The molecule has 0 aliphatic rings. The van der Waals surface area contributed by atoms with Crippen LogP contribution in [-0.2, 0) is 9.85 Å². The Kier molecular flexibility index (Phi) is 6.49. The SMILES string of the molecule is CC(Nc1ccccc1)(c1ccc(C#N)cc1)P(=O)(Oc1ccccc1)Oc1ccccc1. The summed E-state index contributed by atoms with van der Waals surface area (Å²) in [5.74, 6) is 0.845. The topological polar surface area (TPSA) is 71.4 Å². The number of para-hydroxylation sites is 3. The van der Waals surface area contributed by atoms with Crippen LogP contribution in [0, 0.1) is 11.3 Å². The third-order valence-corrected chi connectivity index (χ3v) is 7.59. The number of hydrogen-bond donors (Lipinski definition) is 1. The normalized spacial score (nSPS) is 12.7. The Balaban J connectivity index is 1.87. The van der Waals surface area contributed by atoms with Crippen LogP contribution in [0.25, 0.3) is 0 Å². The van der Waals surface area contributed by atoms with Crippen LogP contribution in [0.2, 0.25) is 0 Å². The van der Waals surface area contributed by atoms with Crippen LogP contribution >= 0.6 is 7.60 Å². The Labute approximate surface area is 193 Å². The molecule has 0 saturated carbocycles. The standard InChI is InChI=1S/C27H23N2O3P/c1-27(29-24-11-5-2-6-12-24,23-19-17-22(21-28)18-20-23)33(30,31-25-13-7-3-8-14-25)32-26-15-9-4-10-16-26/h2-20,29H,1H3. The molecule has 0 aromatic heterocycles. The summed E-state index contributed by atoms with van der Waals surface area (Å²) in [6.07, 6.45) is 0. The van der Waals surface area contributed by atoms with Crippen molar-refractivity contribution in [3.05, 3.63) is 126 Å². The van der Waals surface area contributed by atoms with Crippen molar-refractivity contribution in [3.8, 4) is 17.6 Å². The van der Waals surface area contributed by atoms with Crippen LogP contribution in [0.5, 0.6) is 11.5 Å². The second kappa shape index (κ2) is 9.65. The highest BCUT2D eigenvalue weighted by molar-refractivity contribution is 7.56. The lowest BCUT2D eigenvalue weighted by Crippen LogP contribution is -2.35. The van der Waals surface area contributed by atoms with Gasteiger partial charge in [-0.3, -0.25) is 0 Å². The third kappa shape index (κ3) is 4.92. The first-order chi connectivity index (χ1) is 16.0. The van der Waals surface area contributed by atoms with Crippen LogP contribution < -0.4 is 14.4 Å². The Morgan fingerprint density at radius 2 is 1.18 bits per heavy atom. The van der Waals surface area contributed by atoms with Gasteiger partial charge in [-0.1, -0.05) is 66.7 Å². The van der Waals surface area contributed by atoms with Gasteiger partial charge in [0.2, 0.25) is 0 Å². The molecule has 164 valence electrons. The zero-order valence-electron chi connectivity index (χ0n) is 18.1. The highest BCUT2D eigenvalue weighted by Gasteiger charge is 2.52. The van der Waals surface area contributed by atoms with E-state index in [9.17, 15) is 9.83 Å². The van der Waals surface area contributed by atoms with Crippen molar-refractivity contribution in [1.82, 2.24) is 0 Å². The number of hydrogen-bond acceptors (Lipinski definition) is 5. The van der Waals surface area contributed by atoms with Gasteiger partial charge in [-0.15, -0.1) is 0 Å². The van der Waals surface area contributed by atoms with Gasteiger partial charge in [-0.25, -0.2) is 4.57 Å². The van der Waals surface area contributed by atoms with Crippen molar-refractivity contribution < 1.29 is 13.6 Å². The molecular weight excluding hydrogens is 431 g/mol. The molecule has 4 rings (SSSR count). The van der Waals surface area contributed by atoms with E-state index in [-0.39, 0.29) is 0 Å². The number of nitrogens with zero attached hydrogens (tertiary/aromatic N) is 1. The first-order valence-electron chi connectivity index (χ1n) is 10.5. The van der Waals surface area contributed by atoms with Gasteiger partial charge in [-0.2, -0.15) is 5.26 Å². The second-order valence-corrected chi connectivity index (χ2v) is 9.81. The fourth-order valence-corrected chi connectivity index (χ4v) is 5.34. The number of anilines is 1. The molecule has 4 aromatic carbocycles. The molecule has 0 aliphatic heterocycles. The summed E-state index contributed by atoms with van der Waals surface area (Å²) in [4.78, 5) is 0. The molecule has 1 N–H and O–H groups in total. The van der Waals surface area contributed by atoms with Crippen molar-refractivity contribution in [2.24, 2.45) is 0 Å². The molecule has 1 atom stereocenters. The Hall–Kier alpha value is -4.00. The largest absolute Gasteiger partial charge is 0.460 e. The van der Waals surface area contributed by atoms with E-state index in [0.29, 0.717) is 22.6 Å². The molecule has 0 saturated heterocycles. The average molecular weight is 454 g/mol. The number of nitrogens with one attached hydrogen (secondary N) is 1. The van der Waals surface area contributed by atoms with Gasteiger partial charge in [0.15, 0.2) is 5.28 Å². The number of nitriles is 1. The molecule has 33 heavy (non-hydrogen) atoms. The minimum absolute atomic E-state index is 0.423. The van der Waals surface area contributed by atoms with E-state index in [1.165, 1.54) is 0 Å². The smallest absolute Gasteiger partial charge is 0.414 e. The molecule has 0 heterocycles. The van der Waals surface area contributed by atoms with E-state index in [4.69, 9.17) is 9.05 Å². The summed E-state index contributed by atoms with van der Waals surface area (Å²) >= 11 is 0. The predicted molar refractivity (Wildman–Crippen MR) is 130 cm³/mol. The number of benzene rings is 4. The maximum absolute atomic E-state index is 14.8. The molecule has 0 fully saturated rings. The van der Waals surface area contributed by atoms with Gasteiger partial charge in [-0.05, 0) is 61.0 Å². The molecule has 5 nitrogen and oxygen atoms in total. The molecule has 0 spiro atoms. The van der Waals surface area contributed by atoms with E-state index in [1.54, 1.807) is 55.5 Å². The van der Waals surface area contributed by atoms with Gasteiger partial charge in [0.05, 0.1) is 11.6 Å². The van der Waals surface area contributed by atoms with E-state index >= 15 is 0 Å². The van der Waals surface area contributed by atoms with Crippen molar-refractivity contribution in [2.75, 3.05) is 5.32 Å². The zero-order valence-corrected chi connectivity index (χ0v) is 19.0. The van der Waals surface area contributed by atoms with Crippen LogP contribution in [0.1, 0.15) is 18.1 Å². The Morgan fingerprint density at radius 1 is 0.727 bits per heavy atom. The first kappa shape index (κ1) is 22.2. The monoisotopic (exact) mass is 454 g/mol. The summed E-state index contributed by atoms with van der Waals surface area (Å²) in [5.41, 5.74) is 1.90. The molecule has 0 amide bonds. The van der Waals surface area contributed by atoms with Crippen molar-refractivity contribution in [1.29, 1.82) is 5.26 Å². The van der Waals surface area contributed by atoms with Gasteiger partial charge in [0.25, 0.3) is 0 Å². The lowest BCUT2D eigenvalue weighted by molar-refractivity contribution is 0.354. The van der Waals surface area contributed by atoms with Gasteiger partial charge < -0.3 is 14.4 Å². The van der Waals surface area contributed by atoms with E-state index in [0.717, 1.165) is 5.69 Å². The summed E-state index contributed by atoms with van der Waals surface area (Å²) in [7, 11) is -3.99. The van der Waals surface area contributed by atoms with Gasteiger partial charge in [0, 0.05) is 5.69 Å². The highest BCUT2D eigenvalue weighted by atomic mass is 31.2.